The van der Waals surface area contributed by atoms with Gasteiger partial charge < -0.3 is 10.5 Å². The van der Waals surface area contributed by atoms with E-state index in [1.165, 1.54) is 10.9 Å². The number of hydrogen-bond donors (Lipinski definition) is 2. The van der Waals surface area contributed by atoms with Crippen molar-refractivity contribution in [3.8, 4) is 11.3 Å². The summed E-state index contributed by atoms with van der Waals surface area (Å²) in [6.07, 6.45) is -1.68. The molecule has 0 aliphatic carbocycles. The molecule has 2 atom stereocenters. The predicted octanol–water partition coefficient (Wildman–Crippen LogP) is 4.74. The van der Waals surface area contributed by atoms with Crippen molar-refractivity contribution in [2.75, 3.05) is 6.54 Å². The average Bonchev–Trinajstić information content (AvgIpc) is 3.56. The molecule has 4 aromatic rings. The number of hydrogen-bond acceptors (Lipinski definition) is 7. The highest BCUT2D eigenvalue weighted by molar-refractivity contribution is 5.61. The van der Waals surface area contributed by atoms with E-state index in [9.17, 15) is 13.2 Å². The molecule has 0 amide bonds. The van der Waals surface area contributed by atoms with Gasteiger partial charge in [-0.25, -0.2) is 4.68 Å². The molecule has 1 fully saturated rings. The van der Waals surface area contributed by atoms with Crippen molar-refractivity contribution < 1.29 is 17.9 Å². The minimum Gasteiger partial charge on any atom is -0.372 e. The predicted molar refractivity (Wildman–Crippen MR) is 142 cm³/mol. The zero-order valence-corrected chi connectivity index (χ0v) is 22.7. The SMILES string of the molecule is Cn1nncc1-c1cc(CO[C@H]2CCCN(Cc3n[nH]nc3C(C)(C)N)[C@H]2c2ccccc2)cc(C(F)(F)F)c1. The highest BCUT2D eigenvalue weighted by atomic mass is 19.4. The maximum Gasteiger partial charge on any atom is 0.416 e. The molecule has 5 rings (SSSR count). The van der Waals surface area contributed by atoms with E-state index in [0.29, 0.717) is 29.1 Å². The van der Waals surface area contributed by atoms with E-state index >= 15 is 0 Å². The molecule has 212 valence electrons. The maximum atomic E-state index is 13.8. The Bertz CT molecular complexity index is 1430. The van der Waals surface area contributed by atoms with Gasteiger partial charge >= 0.3 is 6.18 Å². The first kappa shape index (κ1) is 27.9. The Morgan fingerprint density at radius 3 is 2.55 bits per heavy atom. The van der Waals surface area contributed by atoms with Crippen LogP contribution in [0.4, 0.5) is 13.2 Å². The van der Waals surface area contributed by atoms with E-state index in [0.717, 1.165) is 42.8 Å². The lowest BCUT2D eigenvalue weighted by Gasteiger charge is -2.41. The lowest BCUT2D eigenvalue weighted by Crippen LogP contribution is -2.43. The number of likely N-dealkylation sites (tertiary alicyclic amines) is 1. The molecule has 2 aromatic carbocycles. The van der Waals surface area contributed by atoms with Gasteiger partial charge in [0.1, 0.15) is 11.4 Å². The van der Waals surface area contributed by atoms with Gasteiger partial charge in [0, 0.05) is 19.2 Å². The summed E-state index contributed by atoms with van der Waals surface area (Å²) < 4.78 is 49.3. The number of benzene rings is 2. The Balaban J connectivity index is 1.43. The van der Waals surface area contributed by atoms with Crippen molar-refractivity contribution in [2.45, 2.75) is 63.7 Å². The summed E-state index contributed by atoms with van der Waals surface area (Å²) in [6, 6.07) is 13.8. The summed E-state index contributed by atoms with van der Waals surface area (Å²) in [7, 11) is 1.64. The maximum absolute atomic E-state index is 13.8. The largest absolute Gasteiger partial charge is 0.416 e. The van der Waals surface area contributed by atoms with Gasteiger partial charge in [-0.2, -0.15) is 28.6 Å². The summed E-state index contributed by atoms with van der Waals surface area (Å²) >= 11 is 0. The van der Waals surface area contributed by atoms with E-state index < -0.39 is 17.3 Å². The third kappa shape index (κ3) is 6.08. The molecular formula is C28H33F3N8O. The van der Waals surface area contributed by atoms with Gasteiger partial charge in [-0.15, -0.1) is 5.10 Å². The molecule has 0 spiro atoms. The van der Waals surface area contributed by atoms with Gasteiger partial charge in [0.2, 0.25) is 0 Å². The molecule has 3 heterocycles. The number of alkyl halides is 3. The van der Waals surface area contributed by atoms with Crippen molar-refractivity contribution in [3.63, 3.8) is 0 Å². The lowest BCUT2D eigenvalue weighted by atomic mass is 9.91. The Labute approximate surface area is 230 Å². The number of H-pyrrole nitrogens is 1. The van der Waals surface area contributed by atoms with Crippen LogP contribution in [0.1, 0.15) is 60.8 Å². The molecule has 0 radical (unpaired) electrons. The first-order chi connectivity index (χ1) is 19.0. The van der Waals surface area contributed by atoms with Gasteiger partial charge in [0.15, 0.2) is 0 Å². The Hall–Kier alpha value is -3.61. The molecule has 40 heavy (non-hydrogen) atoms. The molecule has 1 aliphatic heterocycles. The lowest BCUT2D eigenvalue weighted by molar-refractivity contribution is -0.137. The topological polar surface area (TPSA) is 111 Å². The summed E-state index contributed by atoms with van der Waals surface area (Å²) in [5.41, 5.74) is 8.76. The van der Waals surface area contributed by atoms with Crippen molar-refractivity contribution in [1.29, 1.82) is 0 Å². The quantitative estimate of drug-likeness (QED) is 0.324. The number of aryl methyl sites for hydroxylation is 1. The van der Waals surface area contributed by atoms with Crippen LogP contribution in [-0.2, 0) is 36.7 Å². The van der Waals surface area contributed by atoms with Crippen LogP contribution in [0, 0.1) is 0 Å². The molecule has 0 bridgehead atoms. The van der Waals surface area contributed by atoms with Crippen molar-refractivity contribution in [1.82, 2.24) is 35.3 Å². The van der Waals surface area contributed by atoms with Gasteiger partial charge in [-0.05, 0) is 62.6 Å². The summed E-state index contributed by atoms with van der Waals surface area (Å²) in [4.78, 5) is 2.29. The van der Waals surface area contributed by atoms with Crippen LogP contribution in [0.3, 0.4) is 0 Å². The van der Waals surface area contributed by atoms with Crippen LogP contribution in [0.2, 0.25) is 0 Å². The second-order valence-corrected chi connectivity index (χ2v) is 10.8. The number of aromatic amines is 1. The van der Waals surface area contributed by atoms with Crippen LogP contribution < -0.4 is 5.73 Å². The van der Waals surface area contributed by atoms with Gasteiger partial charge in [0.05, 0.1) is 41.7 Å². The molecule has 0 saturated carbocycles. The van der Waals surface area contributed by atoms with Gasteiger partial charge in [-0.3, -0.25) is 4.90 Å². The van der Waals surface area contributed by atoms with Crippen LogP contribution in [0.5, 0.6) is 0 Å². The van der Waals surface area contributed by atoms with Gasteiger partial charge in [0.25, 0.3) is 0 Å². The van der Waals surface area contributed by atoms with Crippen LogP contribution in [-0.4, -0.2) is 48.0 Å². The molecule has 3 N–H and O–H groups in total. The third-order valence-electron chi connectivity index (χ3n) is 7.20. The first-order valence-corrected chi connectivity index (χ1v) is 13.2. The van der Waals surface area contributed by atoms with E-state index in [1.54, 1.807) is 13.1 Å². The summed E-state index contributed by atoms with van der Waals surface area (Å²) in [5.74, 6) is 0. The molecule has 12 heteroatoms. The van der Waals surface area contributed by atoms with E-state index in [1.807, 2.05) is 44.2 Å². The third-order valence-corrected chi connectivity index (χ3v) is 7.20. The van der Waals surface area contributed by atoms with Crippen molar-refractivity contribution >= 4 is 0 Å². The zero-order chi connectivity index (χ0) is 28.5. The summed E-state index contributed by atoms with van der Waals surface area (Å²) in [6.45, 7) is 5.10. The monoisotopic (exact) mass is 554 g/mol. The molecule has 9 nitrogen and oxygen atoms in total. The van der Waals surface area contributed by atoms with Crippen LogP contribution in [0.15, 0.2) is 54.7 Å². The Kier molecular flexibility index (Phi) is 7.76. The minimum absolute atomic E-state index is 0.0229. The number of piperidine rings is 1. The van der Waals surface area contributed by atoms with Crippen molar-refractivity contribution in [3.05, 3.63) is 82.8 Å². The standard InChI is InChI=1S/C28H33F3N8O/c1-27(2,32)26-22(34-36-35-26)16-39-11-7-10-24(25(39)19-8-5-4-6-9-19)40-17-18-12-20(23-15-33-37-38(23)3)14-21(13-18)28(29,30)31/h4-6,8-9,12-15,24-25H,7,10-11,16-17,32H2,1-3H3,(H,34,35,36)/t24-,25-/m0/s1. The Morgan fingerprint density at radius 1 is 1.10 bits per heavy atom. The number of ether oxygens (including phenoxy) is 1. The molecule has 0 unspecified atom stereocenters. The smallest absolute Gasteiger partial charge is 0.372 e. The number of aromatic nitrogens is 6. The van der Waals surface area contributed by atoms with E-state index in [2.05, 4.69) is 30.6 Å². The molecule has 1 saturated heterocycles. The van der Waals surface area contributed by atoms with Crippen LogP contribution in [0.25, 0.3) is 11.3 Å². The second-order valence-electron chi connectivity index (χ2n) is 10.8. The van der Waals surface area contributed by atoms with Crippen molar-refractivity contribution in [2.24, 2.45) is 12.8 Å². The molecule has 2 aromatic heterocycles. The number of nitrogens with one attached hydrogen (secondary N) is 1. The summed E-state index contributed by atoms with van der Waals surface area (Å²) in [5, 5.41) is 19.1. The number of halogens is 3. The van der Waals surface area contributed by atoms with Gasteiger partial charge in [-0.1, -0.05) is 35.5 Å². The number of nitrogens with zero attached hydrogens (tertiary/aromatic N) is 6. The van der Waals surface area contributed by atoms with Crippen LogP contribution >= 0.6 is 0 Å². The fourth-order valence-electron chi connectivity index (χ4n) is 5.37. The molecular weight excluding hydrogens is 521 g/mol. The highest BCUT2D eigenvalue weighted by Crippen LogP contribution is 2.37. The number of rotatable bonds is 8. The average molecular weight is 555 g/mol. The zero-order valence-electron chi connectivity index (χ0n) is 22.7. The Morgan fingerprint density at radius 2 is 1.88 bits per heavy atom. The van der Waals surface area contributed by atoms with E-state index in [-0.39, 0.29) is 18.8 Å². The van der Waals surface area contributed by atoms with E-state index in [4.69, 9.17) is 10.5 Å². The first-order valence-electron chi connectivity index (χ1n) is 13.2. The second kappa shape index (κ2) is 11.1. The fraction of sp³-hybridized carbons (Fsp3) is 0.429. The highest BCUT2D eigenvalue weighted by Gasteiger charge is 2.36. The minimum atomic E-state index is -4.50. The normalized spacial score (nSPS) is 18.8. The molecule has 1 aliphatic rings. The fourth-order valence-corrected chi connectivity index (χ4v) is 5.37. The number of nitrogens with two attached hydrogens (primary N) is 1.